The minimum atomic E-state index is 0.442. The molecule has 0 saturated heterocycles. The van der Waals surface area contributed by atoms with E-state index in [0.717, 1.165) is 22.5 Å². The van der Waals surface area contributed by atoms with Crippen molar-refractivity contribution in [3.63, 3.8) is 0 Å². The Bertz CT molecular complexity index is 938. The number of anilines is 2. The van der Waals surface area contributed by atoms with E-state index in [9.17, 15) is 5.21 Å². The van der Waals surface area contributed by atoms with Gasteiger partial charge in [-0.15, -0.1) is 0 Å². The number of hydrogen-bond acceptors (Lipinski definition) is 3. The van der Waals surface area contributed by atoms with Crippen LogP contribution < -0.4 is 5.32 Å². The summed E-state index contributed by atoms with van der Waals surface area (Å²) in [7, 11) is 0. The molecule has 2 N–H and O–H groups in total. The van der Waals surface area contributed by atoms with E-state index < -0.39 is 0 Å². The Morgan fingerprint density at radius 3 is 2.32 bits per heavy atom. The maximum atomic E-state index is 9.52. The average Bonchev–Trinajstić information content (AvgIpc) is 2.59. The van der Waals surface area contributed by atoms with E-state index in [2.05, 4.69) is 10.5 Å². The lowest BCUT2D eigenvalue weighted by Gasteiger charge is -2.12. The van der Waals surface area contributed by atoms with E-state index in [-0.39, 0.29) is 0 Å². The Morgan fingerprint density at radius 1 is 0.880 bits per heavy atom. The van der Waals surface area contributed by atoms with Crippen molar-refractivity contribution in [3.05, 3.63) is 93.5 Å². The molecular weight excluding hydrogens is 355 g/mol. The highest BCUT2D eigenvalue weighted by atomic mass is 35.5. The van der Waals surface area contributed by atoms with Gasteiger partial charge in [-0.1, -0.05) is 58.7 Å². The second-order valence-corrected chi connectivity index (χ2v) is 6.44. The fourth-order valence-corrected chi connectivity index (χ4v) is 3.07. The van der Waals surface area contributed by atoms with Crippen LogP contribution in [0.15, 0.2) is 71.9 Å². The first-order valence-electron chi connectivity index (χ1n) is 7.69. The summed E-state index contributed by atoms with van der Waals surface area (Å²) in [5.74, 6) is 0. The maximum Gasteiger partial charge on any atom is 0.118 e. The van der Waals surface area contributed by atoms with E-state index in [1.54, 1.807) is 6.07 Å². The third-order valence-corrected chi connectivity index (χ3v) is 4.39. The van der Waals surface area contributed by atoms with Gasteiger partial charge in [-0.3, -0.25) is 0 Å². The van der Waals surface area contributed by atoms with Crippen LogP contribution >= 0.6 is 23.2 Å². The SMILES string of the molecule is Cc1ccccc1C(=NO)c1ccc(Nc2cccc(Cl)c2)cc1Cl. The quantitative estimate of drug-likeness (QED) is 0.322. The topological polar surface area (TPSA) is 44.6 Å². The maximum absolute atomic E-state index is 9.52. The van der Waals surface area contributed by atoms with Gasteiger partial charge in [0.05, 0.1) is 5.02 Å². The van der Waals surface area contributed by atoms with Crippen LogP contribution in [-0.2, 0) is 0 Å². The Labute approximate surface area is 156 Å². The molecule has 0 bridgehead atoms. The highest BCUT2D eigenvalue weighted by Crippen LogP contribution is 2.27. The van der Waals surface area contributed by atoms with Gasteiger partial charge in [0.1, 0.15) is 5.71 Å². The number of nitrogens with zero attached hydrogens (tertiary/aromatic N) is 1. The highest BCUT2D eigenvalue weighted by Gasteiger charge is 2.14. The third kappa shape index (κ3) is 3.95. The normalized spacial score (nSPS) is 11.4. The molecule has 25 heavy (non-hydrogen) atoms. The van der Waals surface area contributed by atoms with Gasteiger partial charge >= 0.3 is 0 Å². The number of aryl methyl sites for hydroxylation is 1. The summed E-state index contributed by atoms with van der Waals surface area (Å²) in [5.41, 5.74) is 4.63. The number of halogens is 2. The van der Waals surface area contributed by atoms with Crippen LogP contribution in [0.25, 0.3) is 0 Å². The summed E-state index contributed by atoms with van der Waals surface area (Å²) in [4.78, 5) is 0. The monoisotopic (exact) mass is 370 g/mol. The van der Waals surface area contributed by atoms with Crippen molar-refractivity contribution in [2.24, 2.45) is 5.16 Å². The third-order valence-electron chi connectivity index (χ3n) is 3.84. The minimum Gasteiger partial charge on any atom is -0.410 e. The van der Waals surface area contributed by atoms with Crippen molar-refractivity contribution in [2.45, 2.75) is 6.92 Å². The first-order chi connectivity index (χ1) is 12.1. The van der Waals surface area contributed by atoms with Crippen LogP contribution in [-0.4, -0.2) is 10.9 Å². The summed E-state index contributed by atoms with van der Waals surface area (Å²) in [6.07, 6.45) is 0. The molecule has 0 radical (unpaired) electrons. The second-order valence-electron chi connectivity index (χ2n) is 5.59. The summed E-state index contributed by atoms with van der Waals surface area (Å²) < 4.78 is 0. The van der Waals surface area contributed by atoms with E-state index >= 15 is 0 Å². The zero-order valence-corrected chi connectivity index (χ0v) is 15.0. The number of rotatable bonds is 4. The molecule has 0 aromatic heterocycles. The second kappa shape index (κ2) is 7.60. The molecule has 0 aliphatic carbocycles. The molecule has 0 aliphatic rings. The van der Waals surface area contributed by atoms with Crippen LogP contribution in [0.5, 0.6) is 0 Å². The lowest BCUT2D eigenvalue weighted by atomic mass is 9.98. The first-order valence-corrected chi connectivity index (χ1v) is 8.44. The summed E-state index contributed by atoms with van der Waals surface area (Å²) in [5, 5.41) is 17.4. The predicted molar refractivity (Wildman–Crippen MR) is 105 cm³/mol. The number of oxime groups is 1. The Morgan fingerprint density at radius 2 is 1.64 bits per heavy atom. The molecule has 0 unspecified atom stereocenters. The molecule has 0 atom stereocenters. The molecule has 0 aliphatic heterocycles. The highest BCUT2D eigenvalue weighted by molar-refractivity contribution is 6.35. The van der Waals surface area contributed by atoms with Crippen LogP contribution in [0, 0.1) is 6.92 Å². The van der Waals surface area contributed by atoms with E-state index in [1.165, 1.54) is 0 Å². The van der Waals surface area contributed by atoms with Crippen molar-refractivity contribution in [1.29, 1.82) is 0 Å². The number of hydrogen-bond donors (Lipinski definition) is 2. The van der Waals surface area contributed by atoms with E-state index in [1.807, 2.05) is 67.6 Å². The molecule has 0 spiro atoms. The van der Waals surface area contributed by atoms with Crippen molar-refractivity contribution in [2.75, 3.05) is 5.32 Å². The van der Waals surface area contributed by atoms with Gasteiger partial charge in [0.15, 0.2) is 0 Å². The van der Waals surface area contributed by atoms with Gasteiger partial charge in [0, 0.05) is 27.5 Å². The smallest absolute Gasteiger partial charge is 0.118 e. The number of nitrogens with one attached hydrogen (secondary N) is 1. The van der Waals surface area contributed by atoms with Gasteiger partial charge in [-0.05, 0) is 48.9 Å². The fourth-order valence-electron chi connectivity index (χ4n) is 2.61. The molecule has 3 nitrogen and oxygen atoms in total. The average molecular weight is 371 g/mol. The lowest BCUT2D eigenvalue weighted by Crippen LogP contribution is -2.06. The van der Waals surface area contributed by atoms with Crippen molar-refractivity contribution >= 4 is 40.3 Å². The number of benzene rings is 3. The van der Waals surface area contributed by atoms with Gasteiger partial charge in [-0.2, -0.15) is 0 Å². The van der Waals surface area contributed by atoms with Crippen molar-refractivity contribution in [3.8, 4) is 0 Å². The largest absolute Gasteiger partial charge is 0.410 e. The Hall–Kier alpha value is -2.49. The Balaban J connectivity index is 1.93. The van der Waals surface area contributed by atoms with Gasteiger partial charge in [0.2, 0.25) is 0 Å². The molecule has 3 aromatic carbocycles. The van der Waals surface area contributed by atoms with Crippen molar-refractivity contribution in [1.82, 2.24) is 0 Å². The minimum absolute atomic E-state index is 0.442. The molecule has 3 aromatic rings. The van der Waals surface area contributed by atoms with E-state index in [4.69, 9.17) is 23.2 Å². The Kier molecular flexibility index (Phi) is 5.27. The standard InChI is InChI=1S/C20H16Cl2N2O/c1-13-5-2-3-8-17(13)20(24-25)18-10-9-16(12-19(18)22)23-15-7-4-6-14(21)11-15/h2-12,23,25H,1H3. The molecule has 0 heterocycles. The fraction of sp³-hybridized carbons (Fsp3) is 0.0500. The van der Waals surface area contributed by atoms with Crippen LogP contribution in [0.4, 0.5) is 11.4 Å². The first kappa shape index (κ1) is 17.3. The summed E-state index contributed by atoms with van der Waals surface area (Å²) in [6.45, 7) is 1.96. The molecule has 3 rings (SSSR count). The molecular formula is C20H16Cl2N2O. The summed E-state index contributed by atoms with van der Waals surface area (Å²) >= 11 is 12.4. The van der Waals surface area contributed by atoms with Gasteiger partial charge in [0.25, 0.3) is 0 Å². The predicted octanol–water partition coefficient (Wildman–Crippen LogP) is 6.27. The van der Waals surface area contributed by atoms with Gasteiger partial charge < -0.3 is 10.5 Å². The summed E-state index contributed by atoms with van der Waals surface area (Å²) in [6, 6.07) is 20.6. The van der Waals surface area contributed by atoms with Crippen molar-refractivity contribution < 1.29 is 5.21 Å². The van der Waals surface area contributed by atoms with E-state index in [0.29, 0.717) is 21.3 Å². The molecule has 0 fully saturated rings. The molecule has 126 valence electrons. The van der Waals surface area contributed by atoms with Crippen LogP contribution in [0.2, 0.25) is 10.0 Å². The molecule has 0 saturated carbocycles. The van der Waals surface area contributed by atoms with Crippen LogP contribution in [0.1, 0.15) is 16.7 Å². The van der Waals surface area contributed by atoms with Gasteiger partial charge in [-0.25, -0.2) is 0 Å². The van der Waals surface area contributed by atoms with Crippen LogP contribution in [0.3, 0.4) is 0 Å². The molecule has 5 heteroatoms. The zero-order valence-electron chi connectivity index (χ0n) is 13.5. The molecule has 0 amide bonds. The zero-order chi connectivity index (χ0) is 17.8. The lowest BCUT2D eigenvalue weighted by molar-refractivity contribution is 0.319.